The molecule has 3 aromatic carbocycles. The summed E-state index contributed by atoms with van der Waals surface area (Å²) < 4.78 is 5.99. The Morgan fingerprint density at radius 3 is 2.45 bits per heavy atom. The highest BCUT2D eigenvalue weighted by molar-refractivity contribution is 5.84. The van der Waals surface area contributed by atoms with Crippen LogP contribution < -0.4 is 15.0 Å². The number of amides is 1. The summed E-state index contributed by atoms with van der Waals surface area (Å²) in [6.45, 7) is 4.76. The van der Waals surface area contributed by atoms with Crippen molar-refractivity contribution in [3.63, 3.8) is 0 Å². The molecule has 4 nitrogen and oxygen atoms in total. The van der Waals surface area contributed by atoms with Crippen molar-refractivity contribution < 1.29 is 9.53 Å². The highest BCUT2D eigenvalue weighted by Gasteiger charge is 2.18. The Morgan fingerprint density at radius 2 is 1.72 bits per heavy atom. The van der Waals surface area contributed by atoms with E-state index in [2.05, 4.69) is 46.6 Å². The molecule has 0 aromatic heterocycles. The van der Waals surface area contributed by atoms with Gasteiger partial charge in [-0.15, -0.1) is 0 Å². The van der Waals surface area contributed by atoms with Crippen molar-refractivity contribution >= 4 is 22.4 Å². The van der Waals surface area contributed by atoms with Crippen LogP contribution in [0, 0.1) is 0 Å². The van der Waals surface area contributed by atoms with E-state index in [-0.39, 0.29) is 5.91 Å². The second-order valence-electron chi connectivity index (χ2n) is 7.60. The predicted molar refractivity (Wildman–Crippen MR) is 118 cm³/mol. The van der Waals surface area contributed by atoms with E-state index in [4.69, 9.17) is 4.74 Å². The number of hydrogen-bond acceptors (Lipinski definition) is 3. The molecule has 150 valence electrons. The van der Waals surface area contributed by atoms with Crippen molar-refractivity contribution in [2.24, 2.45) is 0 Å². The minimum Gasteiger partial charge on any atom is -0.481 e. The zero-order valence-corrected chi connectivity index (χ0v) is 16.9. The van der Waals surface area contributed by atoms with Gasteiger partial charge in [-0.3, -0.25) is 4.79 Å². The zero-order valence-electron chi connectivity index (χ0n) is 16.9. The van der Waals surface area contributed by atoms with E-state index < -0.39 is 6.10 Å². The quantitative estimate of drug-likeness (QED) is 0.625. The number of anilines is 1. The highest BCUT2D eigenvalue weighted by atomic mass is 16.5. The summed E-state index contributed by atoms with van der Waals surface area (Å²) in [5.74, 6) is 0.643. The summed E-state index contributed by atoms with van der Waals surface area (Å²) >= 11 is 0. The molecule has 1 heterocycles. The molecule has 1 N–H and O–H groups in total. The van der Waals surface area contributed by atoms with Gasteiger partial charge in [0.25, 0.3) is 5.91 Å². The van der Waals surface area contributed by atoms with Crippen LogP contribution >= 0.6 is 0 Å². The topological polar surface area (TPSA) is 41.6 Å². The Bertz CT molecular complexity index is 962. The van der Waals surface area contributed by atoms with Gasteiger partial charge in [-0.1, -0.05) is 49.4 Å². The summed E-state index contributed by atoms with van der Waals surface area (Å²) in [4.78, 5) is 15.1. The van der Waals surface area contributed by atoms with E-state index in [9.17, 15) is 4.79 Å². The van der Waals surface area contributed by atoms with Crippen molar-refractivity contribution in [2.75, 3.05) is 18.0 Å². The minimum atomic E-state index is -0.500. The number of benzene rings is 3. The van der Waals surface area contributed by atoms with E-state index >= 15 is 0 Å². The van der Waals surface area contributed by atoms with Crippen LogP contribution in [0.2, 0.25) is 0 Å². The molecule has 1 saturated heterocycles. The second-order valence-corrected chi connectivity index (χ2v) is 7.60. The summed E-state index contributed by atoms with van der Waals surface area (Å²) in [7, 11) is 0. The van der Waals surface area contributed by atoms with Crippen molar-refractivity contribution in [2.45, 2.75) is 38.8 Å². The Balaban J connectivity index is 1.34. The molecule has 0 bridgehead atoms. The molecule has 29 heavy (non-hydrogen) atoms. The van der Waals surface area contributed by atoms with Crippen molar-refractivity contribution in [3.8, 4) is 5.75 Å². The highest BCUT2D eigenvalue weighted by Crippen LogP contribution is 2.22. The molecule has 0 radical (unpaired) electrons. The average molecular weight is 389 g/mol. The van der Waals surface area contributed by atoms with Crippen LogP contribution in [0.15, 0.2) is 66.7 Å². The lowest BCUT2D eigenvalue weighted by molar-refractivity contribution is -0.128. The molecule has 0 aliphatic carbocycles. The van der Waals surface area contributed by atoms with Crippen LogP contribution in [-0.2, 0) is 11.3 Å². The molecule has 1 aliphatic rings. The molecule has 1 fully saturated rings. The predicted octanol–water partition coefficient (Wildman–Crippen LogP) is 4.91. The van der Waals surface area contributed by atoms with Crippen LogP contribution in [0.4, 0.5) is 5.69 Å². The fraction of sp³-hybridized carbons (Fsp3) is 0.320. The van der Waals surface area contributed by atoms with Gasteiger partial charge in [0, 0.05) is 25.3 Å². The van der Waals surface area contributed by atoms with Gasteiger partial charge < -0.3 is 15.0 Å². The molecule has 0 unspecified atom stereocenters. The fourth-order valence-corrected chi connectivity index (χ4v) is 3.83. The summed E-state index contributed by atoms with van der Waals surface area (Å²) in [6, 6.07) is 22.6. The van der Waals surface area contributed by atoms with E-state index in [1.807, 2.05) is 37.3 Å². The zero-order chi connectivity index (χ0) is 20.1. The standard InChI is InChI=1S/C25H28N2O2/c1-2-24(29-23-14-11-20-7-3-4-8-21(20)17-23)25(28)26-18-19-9-12-22(13-10-19)27-15-5-6-16-27/h3-4,7-14,17,24H,2,5-6,15-16,18H2,1H3,(H,26,28)/t24-/m0/s1. The fourth-order valence-electron chi connectivity index (χ4n) is 3.83. The van der Waals surface area contributed by atoms with E-state index in [0.717, 1.165) is 35.2 Å². The molecule has 4 heteroatoms. The van der Waals surface area contributed by atoms with Gasteiger partial charge in [-0.05, 0) is 59.9 Å². The summed E-state index contributed by atoms with van der Waals surface area (Å²) in [5.41, 5.74) is 2.37. The average Bonchev–Trinajstić information content (AvgIpc) is 3.31. The first kappa shape index (κ1) is 19.3. The number of rotatable bonds is 7. The Labute approximate surface area is 172 Å². The maximum absolute atomic E-state index is 12.6. The third kappa shape index (κ3) is 4.70. The van der Waals surface area contributed by atoms with E-state index in [0.29, 0.717) is 13.0 Å². The largest absolute Gasteiger partial charge is 0.481 e. The van der Waals surface area contributed by atoms with Gasteiger partial charge in [0.05, 0.1) is 0 Å². The number of carbonyl (C=O) groups is 1. The van der Waals surface area contributed by atoms with Crippen molar-refractivity contribution in [1.29, 1.82) is 0 Å². The third-order valence-corrected chi connectivity index (χ3v) is 5.54. The maximum Gasteiger partial charge on any atom is 0.261 e. The molecular formula is C25H28N2O2. The number of fused-ring (bicyclic) bond motifs is 1. The minimum absolute atomic E-state index is 0.0794. The van der Waals surface area contributed by atoms with Crippen LogP contribution in [0.5, 0.6) is 5.75 Å². The van der Waals surface area contributed by atoms with E-state index in [1.165, 1.54) is 18.5 Å². The number of hydrogen-bond donors (Lipinski definition) is 1. The molecule has 3 aromatic rings. The van der Waals surface area contributed by atoms with Gasteiger partial charge >= 0.3 is 0 Å². The Morgan fingerprint density at radius 1 is 1.00 bits per heavy atom. The monoisotopic (exact) mass is 388 g/mol. The molecule has 1 amide bonds. The molecule has 1 atom stereocenters. The summed E-state index contributed by atoms with van der Waals surface area (Å²) in [5, 5.41) is 5.29. The second kappa shape index (κ2) is 8.99. The Hall–Kier alpha value is -3.01. The normalized spacial score (nSPS) is 14.7. The van der Waals surface area contributed by atoms with Crippen LogP contribution in [0.25, 0.3) is 10.8 Å². The molecule has 0 spiro atoms. The van der Waals surface area contributed by atoms with Gasteiger partial charge in [-0.2, -0.15) is 0 Å². The van der Waals surface area contributed by atoms with Gasteiger partial charge in [0.2, 0.25) is 0 Å². The van der Waals surface area contributed by atoms with E-state index in [1.54, 1.807) is 0 Å². The number of carbonyl (C=O) groups excluding carboxylic acids is 1. The molecule has 4 rings (SSSR count). The van der Waals surface area contributed by atoms with Crippen molar-refractivity contribution in [1.82, 2.24) is 5.32 Å². The van der Waals surface area contributed by atoms with Crippen LogP contribution in [-0.4, -0.2) is 25.1 Å². The Kier molecular flexibility index (Phi) is 5.99. The van der Waals surface area contributed by atoms with Gasteiger partial charge in [0.1, 0.15) is 5.75 Å². The lowest BCUT2D eigenvalue weighted by atomic mass is 10.1. The third-order valence-electron chi connectivity index (χ3n) is 5.54. The lowest BCUT2D eigenvalue weighted by Crippen LogP contribution is -2.37. The first-order valence-electron chi connectivity index (χ1n) is 10.5. The summed E-state index contributed by atoms with van der Waals surface area (Å²) in [6.07, 6.45) is 2.66. The smallest absolute Gasteiger partial charge is 0.261 e. The number of nitrogens with zero attached hydrogens (tertiary/aromatic N) is 1. The van der Waals surface area contributed by atoms with Crippen LogP contribution in [0.1, 0.15) is 31.7 Å². The maximum atomic E-state index is 12.6. The van der Waals surface area contributed by atoms with Crippen LogP contribution in [0.3, 0.4) is 0 Å². The first-order chi connectivity index (χ1) is 14.2. The number of ether oxygens (including phenoxy) is 1. The van der Waals surface area contributed by atoms with Gasteiger partial charge in [-0.25, -0.2) is 0 Å². The van der Waals surface area contributed by atoms with Crippen molar-refractivity contribution in [3.05, 3.63) is 72.3 Å². The van der Waals surface area contributed by atoms with Gasteiger partial charge in [0.15, 0.2) is 6.10 Å². The first-order valence-corrected chi connectivity index (χ1v) is 10.5. The number of nitrogens with one attached hydrogen (secondary N) is 1. The lowest BCUT2D eigenvalue weighted by Gasteiger charge is -2.19. The molecular weight excluding hydrogens is 360 g/mol. The SMILES string of the molecule is CC[C@H](Oc1ccc2ccccc2c1)C(=O)NCc1ccc(N2CCCC2)cc1. The molecule has 0 saturated carbocycles. The molecule has 1 aliphatic heterocycles.